The van der Waals surface area contributed by atoms with Gasteiger partial charge in [-0.1, -0.05) is 0 Å². The Balaban J connectivity index is 1.70. The molecule has 6 bridgehead atoms. The van der Waals surface area contributed by atoms with E-state index in [4.69, 9.17) is 9.68 Å². The molecule has 136 valence electrons. The Morgan fingerprint density at radius 1 is 1.31 bits per heavy atom. The summed E-state index contributed by atoms with van der Waals surface area (Å²) in [5.74, 6) is -0.840. The van der Waals surface area contributed by atoms with Gasteiger partial charge < -0.3 is 14.5 Å². The fourth-order valence-corrected chi connectivity index (χ4v) is 2.93. The quantitative estimate of drug-likeness (QED) is 0.696. The van der Waals surface area contributed by atoms with Crippen LogP contribution in [-0.4, -0.2) is 54.2 Å². The first-order chi connectivity index (χ1) is 12.5. The smallest absolute Gasteiger partial charge is 0.414 e. The number of hydroxylamine groups is 2. The number of carbonyl (C=O) groups is 2. The number of anilines is 2. The first-order valence-electron chi connectivity index (χ1n) is 7.98. The summed E-state index contributed by atoms with van der Waals surface area (Å²) in [6.45, 7) is 1.84. The van der Waals surface area contributed by atoms with Crippen molar-refractivity contribution in [1.82, 2.24) is 9.96 Å². The SMILES string of the molecule is CC(=O)N1CC2CN(C(=O)O2)c2ccc(c(F)c2)N2C=CN(C=NO1)C2. The topological polar surface area (TPSA) is 77.9 Å². The van der Waals surface area contributed by atoms with E-state index in [1.54, 1.807) is 34.3 Å². The minimum Gasteiger partial charge on any atom is -0.442 e. The maximum Gasteiger partial charge on any atom is 0.414 e. The van der Waals surface area contributed by atoms with Crippen molar-refractivity contribution in [3.63, 3.8) is 0 Å². The predicted octanol–water partition coefficient (Wildman–Crippen LogP) is 1.44. The third kappa shape index (κ3) is 2.89. The number of rotatable bonds is 0. The zero-order valence-corrected chi connectivity index (χ0v) is 13.9. The molecule has 0 aromatic heterocycles. The van der Waals surface area contributed by atoms with Crippen molar-refractivity contribution in [2.24, 2.45) is 5.16 Å². The fraction of sp³-hybridized carbons (Fsp3) is 0.312. The molecule has 1 aromatic carbocycles. The second-order valence-corrected chi connectivity index (χ2v) is 6.06. The van der Waals surface area contributed by atoms with Crippen LogP contribution in [0, 0.1) is 5.82 Å². The summed E-state index contributed by atoms with van der Waals surface area (Å²) in [7, 11) is 0. The number of fused-ring (bicyclic) bond motifs is 5. The summed E-state index contributed by atoms with van der Waals surface area (Å²) in [4.78, 5) is 33.7. The van der Waals surface area contributed by atoms with Gasteiger partial charge in [0.25, 0.3) is 5.91 Å². The van der Waals surface area contributed by atoms with E-state index in [0.29, 0.717) is 18.0 Å². The zero-order chi connectivity index (χ0) is 18.3. The lowest BCUT2D eigenvalue weighted by atomic mass is 10.2. The van der Waals surface area contributed by atoms with Crippen LogP contribution < -0.4 is 9.80 Å². The minimum absolute atomic E-state index is 0.0114. The van der Waals surface area contributed by atoms with Crippen LogP contribution in [0.5, 0.6) is 0 Å². The molecule has 0 radical (unpaired) electrons. The zero-order valence-electron chi connectivity index (χ0n) is 13.9. The molecule has 9 nitrogen and oxygen atoms in total. The van der Waals surface area contributed by atoms with Crippen molar-refractivity contribution in [1.29, 1.82) is 0 Å². The van der Waals surface area contributed by atoms with Crippen molar-refractivity contribution in [3.05, 3.63) is 36.4 Å². The van der Waals surface area contributed by atoms with Crippen molar-refractivity contribution in [2.75, 3.05) is 29.6 Å². The van der Waals surface area contributed by atoms with Gasteiger partial charge in [-0.3, -0.25) is 14.6 Å². The fourth-order valence-electron chi connectivity index (χ4n) is 2.93. The maximum absolute atomic E-state index is 14.6. The van der Waals surface area contributed by atoms with E-state index in [1.807, 2.05) is 0 Å². The number of nitrogens with zero attached hydrogens (tertiary/aromatic N) is 5. The molecule has 0 spiro atoms. The highest BCUT2D eigenvalue weighted by Crippen LogP contribution is 2.29. The maximum atomic E-state index is 14.6. The van der Waals surface area contributed by atoms with Gasteiger partial charge in [0.15, 0.2) is 0 Å². The van der Waals surface area contributed by atoms with Crippen LogP contribution >= 0.6 is 0 Å². The van der Waals surface area contributed by atoms with E-state index >= 15 is 0 Å². The highest BCUT2D eigenvalue weighted by molar-refractivity contribution is 5.90. The van der Waals surface area contributed by atoms with E-state index in [-0.39, 0.29) is 19.0 Å². The molecule has 4 heterocycles. The number of benzene rings is 1. The second kappa shape index (κ2) is 6.21. The average molecular weight is 361 g/mol. The molecule has 0 N–H and O–H groups in total. The normalized spacial score (nSPS) is 21.6. The van der Waals surface area contributed by atoms with Gasteiger partial charge in [0.2, 0.25) is 0 Å². The monoisotopic (exact) mass is 361 g/mol. The Morgan fingerprint density at radius 2 is 2.15 bits per heavy atom. The predicted molar refractivity (Wildman–Crippen MR) is 89.3 cm³/mol. The highest BCUT2D eigenvalue weighted by Gasteiger charge is 2.35. The summed E-state index contributed by atoms with van der Waals surface area (Å²) in [6.07, 6.45) is 3.55. The summed E-state index contributed by atoms with van der Waals surface area (Å²) < 4.78 is 19.8. The minimum atomic E-state index is -0.616. The van der Waals surface area contributed by atoms with Crippen LogP contribution in [0.2, 0.25) is 0 Å². The van der Waals surface area contributed by atoms with Gasteiger partial charge in [-0.05, 0) is 23.4 Å². The highest BCUT2D eigenvalue weighted by atomic mass is 19.1. The van der Waals surface area contributed by atoms with Crippen LogP contribution in [0.3, 0.4) is 0 Å². The van der Waals surface area contributed by atoms with E-state index < -0.39 is 18.0 Å². The molecule has 2 amide bonds. The molecule has 0 aliphatic carbocycles. The van der Waals surface area contributed by atoms with Crippen molar-refractivity contribution in [3.8, 4) is 0 Å². The first kappa shape index (κ1) is 16.2. The van der Waals surface area contributed by atoms with Gasteiger partial charge in [-0.2, -0.15) is 0 Å². The van der Waals surface area contributed by atoms with E-state index in [0.717, 1.165) is 5.06 Å². The largest absolute Gasteiger partial charge is 0.442 e. The number of ether oxygens (including phenoxy) is 1. The van der Waals surface area contributed by atoms with Gasteiger partial charge in [0, 0.05) is 19.3 Å². The van der Waals surface area contributed by atoms with Crippen LogP contribution in [0.25, 0.3) is 0 Å². The van der Waals surface area contributed by atoms with Crippen LogP contribution in [0.4, 0.5) is 20.6 Å². The number of oxime groups is 1. The van der Waals surface area contributed by atoms with Gasteiger partial charge in [0.1, 0.15) is 24.8 Å². The van der Waals surface area contributed by atoms with Crippen molar-refractivity contribution >= 4 is 29.7 Å². The molecule has 1 unspecified atom stereocenters. The third-order valence-corrected chi connectivity index (χ3v) is 4.24. The van der Waals surface area contributed by atoms with Crippen molar-refractivity contribution < 1.29 is 23.7 Å². The molecule has 5 rings (SSSR count). The number of carbonyl (C=O) groups excluding carboxylic acids is 2. The van der Waals surface area contributed by atoms with E-state index in [1.165, 1.54) is 24.2 Å². The summed E-state index contributed by atoms with van der Waals surface area (Å²) in [6, 6.07) is 4.56. The molecule has 1 atom stereocenters. The second-order valence-electron chi connectivity index (χ2n) is 6.06. The lowest BCUT2D eigenvalue weighted by Crippen LogP contribution is -2.37. The Morgan fingerprint density at radius 3 is 2.92 bits per heavy atom. The molecule has 1 saturated heterocycles. The molecule has 4 aliphatic heterocycles. The molecule has 4 aliphatic rings. The van der Waals surface area contributed by atoms with Gasteiger partial charge in [-0.25, -0.2) is 9.18 Å². The molecular weight excluding hydrogens is 345 g/mol. The lowest BCUT2D eigenvalue weighted by Gasteiger charge is -2.20. The molecular formula is C16H16FN5O4. The van der Waals surface area contributed by atoms with E-state index in [2.05, 4.69) is 5.16 Å². The van der Waals surface area contributed by atoms with Gasteiger partial charge in [-0.15, -0.1) is 5.06 Å². The summed E-state index contributed by atoms with van der Waals surface area (Å²) >= 11 is 0. The molecule has 10 heteroatoms. The number of amides is 2. The number of halogens is 1. The van der Waals surface area contributed by atoms with Crippen molar-refractivity contribution in [2.45, 2.75) is 13.0 Å². The average Bonchev–Trinajstić information content (AvgIpc) is 3.19. The molecule has 1 aromatic rings. The molecule has 0 saturated carbocycles. The van der Waals surface area contributed by atoms with E-state index in [9.17, 15) is 14.0 Å². The Hall–Kier alpha value is -3.30. The van der Waals surface area contributed by atoms with Gasteiger partial charge >= 0.3 is 6.09 Å². The van der Waals surface area contributed by atoms with Crippen LogP contribution in [0.15, 0.2) is 35.8 Å². The lowest BCUT2D eigenvalue weighted by molar-refractivity contribution is -0.189. The standard InChI is InChI=1S/C16H16FN5O4/c1-11(23)22-8-13-7-21(16(24)25-13)12-2-3-15(14(17)6-12)20-5-4-19(10-20)9-18-26-22/h2-6,9,13H,7-8,10H2,1H3. The molecule has 26 heavy (non-hydrogen) atoms. The Labute approximate surface area is 148 Å². The summed E-state index contributed by atoms with van der Waals surface area (Å²) in [5, 5.41) is 4.79. The Bertz CT molecular complexity index is 814. The third-order valence-electron chi connectivity index (χ3n) is 4.24. The number of hydrogen-bond acceptors (Lipinski definition) is 7. The number of hydrogen-bond donors (Lipinski definition) is 0. The molecule has 1 fully saturated rings. The van der Waals surface area contributed by atoms with Crippen LogP contribution in [0.1, 0.15) is 6.92 Å². The van der Waals surface area contributed by atoms with Gasteiger partial charge in [0.05, 0.1) is 24.6 Å². The van der Waals surface area contributed by atoms with Crippen LogP contribution in [-0.2, 0) is 14.5 Å². The Kier molecular flexibility index (Phi) is 3.86. The summed E-state index contributed by atoms with van der Waals surface area (Å²) in [5.41, 5.74) is 0.756. The first-order valence-corrected chi connectivity index (χ1v) is 7.98.